The summed E-state index contributed by atoms with van der Waals surface area (Å²) in [7, 11) is 0. The highest BCUT2D eigenvalue weighted by atomic mass is 35.5. The fourth-order valence-electron chi connectivity index (χ4n) is 1.72. The van der Waals surface area contributed by atoms with Crippen LogP contribution in [0, 0.1) is 11.6 Å². The van der Waals surface area contributed by atoms with Crippen molar-refractivity contribution >= 4 is 23.8 Å². The zero-order valence-corrected chi connectivity index (χ0v) is 11.2. The van der Waals surface area contributed by atoms with Gasteiger partial charge in [-0.3, -0.25) is 5.10 Å². The number of aromatic nitrogens is 2. The number of aryl methyl sites for hydroxylation is 1. The average molecular weight is 305 g/mol. The van der Waals surface area contributed by atoms with E-state index in [1.165, 1.54) is 12.1 Å². The van der Waals surface area contributed by atoms with Gasteiger partial charge in [0, 0.05) is 5.56 Å². The quantitative estimate of drug-likeness (QED) is 0.768. The van der Waals surface area contributed by atoms with E-state index in [-0.39, 0.29) is 5.15 Å². The lowest BCUT2D eigenvalue weighted by molar-refractivity contribution is -0.137. The van der Waals surface area contributed by atoms with Crippen molar-refractivity contribution in [1.29, 1.82) is 0 Å². The average Bonchev–Trinajstić information content (AvgIpc) is 2.31. The van der Waals surface area contributed by atoms with E-state index in [4.69, 9.17) is 23.8 Å². The lowest BCUT2D eigenvalue weighted by atomic mass is 10.00. The third-order valence-electron chi connectivity index (χ3n) is 2.62. The number of halogens is 4. The Labute approximate surface area is 117 Å². The maximum Gasteiger partial charge on any atom is 0.416 e. The summed E-state index contributed by atoms with van der Waals surface area (Å²) in [5, 5.41) is 6.45. The van der Waals surface area contributed by atoms with Crippen molar-refractivity contribution in [2.24, 2.45) is 0 Å². The topological polar surface area (TPSA) is 28.7 Å². The Kier molecular flexibility index (Phi) is 3.64. The number of aromatic amines is 1. The van der Waals surface area contributed by atoms with Gasteiger partial charge in [-0.2, -0.15) is 18.3 Å². The molecule has 0 saturated carbocycles. The summed E-state index contributed by atoms with van der Waals surface area (Å²) in [4.78, 5) is 0. The van der Waals surface area contributed by atoms with Crippen LogP contribution in [0.3, 0.4) is 0 Å². The Morgan fingerprint density at radius 3 is 2.47 bits per heavy atom. The van der Waals surface area contributed by atoms with Gasteiger partial charge in [0.2, 0.25) is 0 Å². The number of H-pyrrole nitrogens is 1. The van der Waals surface area contributed by atoms with Crippen molar-refractivity contribution in [2.45, 2.75) is 13.1 Å². The Hall–Kier alpha value is -1.40. The van der Waals surface area contributed by atoms with Crippen LogP contribution >= 0.6 is 23.8 Å². The minimum absolute atomic E-state index is 0.197. The van der Waals surface area contributed by atoms with E-state index < -0.39 is 11.7 Å². The normalized spacial score (nSPS) is 11.6. The van der Waals surface area contributed by atoms with Crippen LogP contribution in [-0.4, -0.2) is 10.2 Å². The summed E-state index contributed by atoms with van der Waals surface area (Å²) >= 11 is 10.8. The second-order valence-electron chi connectivity index (χ2n) is 3.96. The van der Waals surface area contributed by atoms with Gasteiger partial charge in [0.15, 0.2) is 0 Å². The molecule has 0 bridgehead atoms. The molecule has 100 valence electrons. The fourth-order valence-corrected chi connectivity index (χ4v) is 2.09. The highest BCUT2D eigenvalue weighted by molar-refractivity contribution is 7.71. The van der Waals surface area contributed by atoms with E-state index >= 15 is 0 Å². The summed E-state index contributed by atoms with van der Waals surface area (Å²) in [6.45, 7) is 1.59. The van der Waals surface area contributed by atoms with E-state index in [0.717, 1.165) is 12.1 Å². The first-order valence-electron chi connectivity index (χ1n) is 5.22. The van der Waals surface area contributed by atoms with Gasteiger partial charge in [-0.25, -0.2) is 0 Å². The molecule has 2 aromatic rings. The molecule has 1 heterocycles. The van der Waals surface area contributed by atoms with Gasteiger partial charge in [0.05, 0.1) is 5.56 Å². The van der Waals surface area contributed by atoms with E-state index in [1.807, 2.05) is 0 Å². The van der Waals surface area contributed by atoms with Gasteiger partial charge in [0.25, 0.3) is 0 Å². The number of hydrogen-bond donors (Lipinski definition) is 1. The molecule has 0 saturated heterocycles. The van der Waals surface area contributed by atoms with Crippen molar-refractivity contribution in [3.05, 3.63) is 45.2 Å². The summed E-state index contributed by atoms with van der Waals surface area (Å²) in [6.07, 6.45) is -4.36. The number of alkyl halides is 3. The number of nitrogens with zero attached hydrogens (tertiary/aromatic N) is 1. The largest absolute Gasteiger partial charge is 0.416 e. The molecule has 0 amide bonds. The van der Waals surface area contributed by atoms with Crippen LogP contribution in [-0.2, 0) is 6.18 Å². The van der Waals surface area contributed by atoms with Crippen LogP contribution in [0.4, 0.5) is 13.2 Å². The van der Waals surface area contributed by atoms with Crippen molar-refractivity contribution in [3.8, 4) is 11.1 Å². The van der Waals surface area contributed by atoms with E-state index in [9.17, 15) is 13.2 Å². The van der Waals surface area contributed by atoms with E-state index in [2.05, 4.69) is 10.2 Å². The van der Waals surface area contributed by atoms with E-state index in [0.29, 0.717) is 21.3 Å². The van der Waals surface area contributed by atoms with Gasteiger partial charge in [0.1, 0.15) is 9.79 Å². The van der Waals surface area contributed by atoms with Crippen molar-refractivity contribution in [2.75, 3.05) is 0 Å². The van der Waals surface area contributed by atoms with Crippen molar-refractivity contribution in [3.63, 3.8) is 0 Å². The predicted molar refractivity (Wildman–Crippen MR) is 69.6 cm³/mol. The van der Waals surface area contributed by atoms with Crippen LogP contribution in [0.25, 0.3) is 11.1 Å². The number of benzene rings is 1. The lowest BCUT2D eigenvalue weighted by Crippen LogP contribution is -2.05. The minimum atomic E-state index is -4.36. The molecule has 2 nitrogen and oxygen atoms in total. The maximum absolute atomic E-state index is 12.6. The molecule has 1 aromatic heterocycles. The van der Waals surface area contributed by atoms with Crippen LogP contribution in [0.2, 0.25) is 5.15 Å². The summed E-state index contributed by atoms with van der Waals surface area (Å²) in [6, 6.07) is 5.01. The molecule has 19 heavy (non-hydrogen) atoms. The molecule has 0 atom stereocenters. The molecular weight excluding hydrogens is 297 g/mol. The van der Waals surface area contributed by atoms with Gasteiger partial charge in [-0.15, -0.1) is 0 Å². The number of nitrogens with one attached hydrogen (secondary N) is 1. The molecule has 7 heteroatoms. The monoisotopic (exact) mass is 304 g/mol. The first-order chi connectivity index (χ1) is 8.79. The fraction of sp³-hybridized carbons (Fsp3) is 0.167. The van der Waals surface area contributed by atoms with Crippen LogP contribution in [0.1, 0.15) is 11.1 Å². The third kappa shape index (κ3) is 2.96. The second-order valence-corrected chi connectivity index (χ2v) is 4.76. The first kappa shape index (κ1) is 14.0. The number of hydrogen-bond acceptors (Lipinski definition) is 2. The Morgan fingerprint density at radius 2 is 1.89 bits per heavy atom. The third-order valence-corrected chi connectivity index (χ3v) is 3.12. The van der Waals surface area contributed by atoms with Gasteiger partial charge >= 0.3 is 6.18 Å². The molecule has 1 N–H and O–H groups in total. The van der Waals surface area contributed by atoms with Crippen molar-refractivity contribution < 1.29 is 13.2 Å². The summed E-state index contributed by atoms with van der Waals surface area (Å²) < 4.78 is 38.1. The zero-order valence-electron chi connectivity index (χ0n) is 9.68. The first-order valence-corrected chi connectivity index (χ1v) is 6.01. The Morgan fingerprint density at radius 1 is 1.21 bits per heavy atom. The standard InChI is InChI=1S/C12H8ClF3N2S/c1-6-4-7(12(14,15)16)2-3-8(6)9-5-10(13)17-18-11(9)19/h2-5H,1H3,(H,18,19). The highest BCUT2D eigenvalue weighted by Crippen LogP contribution is 2.33. The molecule has 0 aliphatic carbocycles. The molecule has 2 rings (SSSR count). The van der Waals surface area contributed by atoms with E-state index in [1.54, 1.807) is 6.92 Å². The molecule has 0 unspecified atom stereocenters. The minimum Gasteiger partial charge on any atom is -0.266 e. The Balaban J connectivity index is 2.59. The van der Waals surface area contributed by atoms with Gasteiger partial charge in [-0.05, 0) is 36.2 Å². The van der Waals surface area contributed by atoms with Crippen LogP contribution in [0.5, 0.6) is 0 Å². The highest BCUT2D eigenvalue weighted by Gasteiger charge is 2.30. The second kappa shape index (κ2) is 4.94. The Bertz CT molecular complexity index is 679. The SMILES string of the molecule is Cc1cc(C(F)(F)F)ccc1-c1cc(Cl)n[nH]c1=S. The zero-order chi connectivity index (χ0) is 14.2. The van der Waals surface area contributed by atoms with Gasteiger partial charge in [-0.1, -0.05) is 29.9 Å². The number of rotatable bonds is 1. The maximum atomic E-state index is 12.6. The lowest BCUT2D eigenvalue weighted by Gasteiger charge is -2.11. The summed E-state index contributed by atoms with van der Waals surface area (Å²) in [5.74, 6) is 0. The molecular formula is C12H8ClF3N2S. The predicted octanol–water partition coefficient (Wildman–Crippen LogP) is 4.79. The van der Waals surface area contributed by atoms with Crippen molar-refractivity contribution in [1.82, 2.24) is 10.2 Å². The molecule has 1 aromatic carbocycles. The van der Waals surface area contributed by atoms with Gasteiger partial charge < -0.3 is 0 Å². The molecule has 0 spiro atoms. The molecule has 0 radical (unpaired) electrons. The molecule has 0 aliphatic heterocycles. The smallest absolute Gasteiger partial charge is 0.266 e. The summed E-state index contributed by atoms with van der Waals surface area (Å²) in [5.41, 5.74) is 0.931. The molecule has 0 fully saturated rings. The van der Waals surface area contributed by atoms with Crippen LogP contribution in [0.15, 0.2) is 24.3 Å². The molecule has 0 aliphatic rings. The van der Waals surface area contributed by atoms with Crippen LogP contribution < -0.4 is 0 Å².